The standard InChI is InChI=1S/C24H25ClFN3O4S/c25-17-6-4-16(5-7-17)21(30)8-9-22(31)27-14-18-15-29(24(32)33-18)20-3-1-2-19(26)23(20)28-10-12-34-13-11-28/h1-7,18H,8-15H2,(H,27,31). The summed E-state index contributed by atoms with van der Waals surface area (Å²) in [6, 6.07) is 11.2. The Kier molecular flexibility index (Phi) is 7.95. The predicted molar refractivity (Wildman–Crippen MR) is 132 cm³/mol. The number of carbonyl (C=O) groups is 3. The van der Waals surface area contributed by atoms with Crippen LogP contribution in [0.2, 0.25) is 5.02 Å². The molecule has 2 aromatic rings. The number of hydrogen-bond donors (Lipinski definition) is 1. The van der Waals surface area contributed by atoms with Crippen LogP contribution in [0.15, 0.2) is 42.5 Å². The summed E-state index contributed by atoms with van der Waals surface area (Å²) in [5, 5.41) is 3.26. The van der Waals surface area contributed by atoms with Crippen LogP contribution in [-0.4, -0.2) is 61.6 Å². The normalized spacial score (nSPS) is 18.1. The van der Waals surface area contributed by atoms with E-state index in [4.69, 9.17) is 16.3 Å². The lowest BCUT2D eigenvalue weighted by Gasteiger charge is -2.32. The molecule has 1 unspecified atom stereocenters. The fourth-order valence-corrected chi connectivity index (χ4v) is 5.00. The Morgan fingerprint density at radius 1 is 1.12 bits per heavy atom. The molecule has 2 aromatic carbocycles. The van der Waals surface area contributed by atoms with Crippen molar-refractivity contribution in [2.45, 2.75) is 18.9 Å². The van der Waals surface area contributed by atoms with Gasteiger partial charge in [-0.3, -0.25) is 14.5 Å². The first-order valence-corrected chi connectivity index (χ1v) is 12.6. The highest BCUT2D eigenvalue weighted by atomic mass is 35.5. The molecule has 0 radical (unpaired) electrons. The van der Waals surface area contributed by atoms with Crippen LogP contribution in [-0.2, 0) is 9.53 Å². The minimum Gasteiger partial charge on any atom is -0.442 e. The molecule has 0 aromatic heterocycles. The number of Topliss-reactive ketones (excluding diaryl/α,β-unsaturated/α-hetero) is 1. The maximum Gasteiger partial charge on any atom is 0.414 e. The SMILES string of the molecule is O=C(CCC(=O)c1ccc(Cl)cc1)NCC1CN(c2cccc(F)c2N2CCSCC2)C(=O)O1. The van der Waals surface area contributed by atoms with Crippen LogP contribution < -0.4 is 15.1 Å². The van der Waals surface area contributed by atoms with Gasteiger partial charge < -0.3 is 15.0 Å². The molecule has 34 heavy (non-hydrogen) atoms. The summed E-state index contributed by atoms with van der Waals surface area (Å²) >= 11 is 7.64. The average Bonchev–Trinajstić information content (AvgIpc) is 3.22. The maximum atomic E-state index is 14.7. The summed E-state index contributed by atoms with van der Waals surface area (Å²) in [6.45, 7) is 1.72. The van der Waals surface area contributed by atoms with Crippen molar-refractivity contribution in [2.75, 3.05) is 47.5 Å². The molecule has 2 aliphatic rings. The molecule has 0 saturated carbocycles. The van der Waals surface area contributed by atoms with Gasteiger partial charge in [0.15, 0.2) is 5.78 Å². The number of halogens is 2. The molecule has 7 nitrogen and oxygen atoms in total. The number of para-hydroxylation sites is 1. The third kappa shape index (κ3) is 5.82. The van der Waals surface area contributed by atoms with E-state index in [2.05, 4.69) is 5.32 Å². The third-order valence-corrected chi connectivity index (χ3v) is 6.92. The van der Waals surface area contributed by atoms with E-state index in [9.17, 15) is 18.8 Å². The number of thioether (sulfide) groups is 1. The summed E-state index contributed by atoms with van der Waals surface area (Å²) in [5.74, 6) is 0.953. The Bertz CT molecular complexity index is 1060. The van der Waals surface area contributed by atoms with Crippen molar-refractivity contribution < 1.29 is 23.5 Å². The van der Waals surface area contributed by atoms with E-state index in [1.165, 1.54) is 11.0 Å². The van der Waals surface area contributed by atoms with Crippen molar-refractivity contribution >= 4 is 52.5 Å². The van der Waals surface area contributed by atoms with E-state index in [1.54, 1.807) is 36.4 Å². The summed E-state index contributed by atoms with van der Waals surface area (Å²) in [5.41, 5.74) is 1.38. The van der Waals surface area contributed by atoms with Crippen molar-refractivity contribution in [1.29, 1.82) is 0 Å². The van der Waals surface area contributed by atoms with E-state index in [0.29, 0.717) is 35.1 Å². The zero-order valence-electron chi connectivity index (χ0n) is 18.5. The number of hydrogen-bond acceptors (Lipinski definition) is 6. The summed E-state index contributed by atoms with van der Waals surface area (Å²) in [4.78, 5) is 40.4. The second-order valence-corrected chi connectivity index (χ2v) is 9.72. The second-order valence-electron chi connectivity index (χ2n) is 8.06. The zero-order valence-corrected chi connectivity index (χ0v) is 20.0. The smallest absolute Gasteiger partial charge is 0.414 e. The third-order valence-electron chi connectivity index (χ3n) is 5.73. The van der Waals surface area contributed by atoms with Gasteiger partial charge in [-0.1, -0.05) is 17.7 Å². The number of benzene rings is 2. The lowest BCUT2D eigenvalue weighted by atomic mass is 10.1. The number of nitrogens with one attached hydrogen (secondary N) is 1. The fraction of sp³-hybridized carbons (Fsp3) is 0.375. The number of anilines is 2. The quantitative estimate of drug-likeness (QED) is 0.543. The molecule has 2 saturated heterocycles. The van der Waals surface area contributed by atoms with Crippen LogP contribution >= 0.6 is 23.4 Å². The van der Waals surface area contributed by atoms with Gasteiger partial charge in [-0.05, 0) is 36.4 Å². The number of rotatable bonds is 8. The van der Waals surface area contributed by atoms with Gasteiger partial charge in [0.1, 0.15) is 11.9 Å². The van der Waals surface area contributed by atoms with Crippen LogP contribution in [0.4, 0.5) is 20.6 Å². The molecule has 1 atom stereocenters. The molecule has 0 bridgehead atoms. The van der Waals surface area contributed by atoms with Crippen LogP contribution in [0.5, 0.6) is 0 Å². The molecule has 2 aliphatic heterocycles. The Morgan fingerprint density at radius 2 is 1.85 bits per heavy atom. The fourth-order valence-electron chi connectivity index (χ4n) is 3.97. The van der Waals surface area contributed by atoms with Crippen molar-refractivity contribution in [2.24, 2.45) is 0 Å². The molecule has 4 rings (SSSR count). The van der Waals surface area contributed by atoms with Gasteiger partial charge in [0.2, 0.25) is 5.91 Å². The summed E-state index contributed by atoms with van der Waals surface area (Å²) in [6.07, 6.45) is -1.07. The average molecular weight is 506 g/mol. The topological polar surface area (TPSA) is 79.0 Å². The van der Waals surface area contributed by atoms with E-state index in [-0.39, 0.29) is 43.4 Å². The Balaban J connectivity index is 1.31. The van der Waals surface area contributed by atoms with Crippen LogP contribution in [0.3, 0.4) is 0 Å². The van der Waals surface area contributed by atoms with Gasteiger partial charge in [-0.2, -0.15) is 11.8 Å². The van der Waals surface area contributed by atoms with Gasteiger partial charge in [-0.15, -0.1) is 0 Å². The minimum absolute atomic E-state index is 0.0207. The number of cyclic esters (lactones) is 1. The van der Waals surface area contributed by atoms with Crippen LogP contribution in [0.25, 0.3) is 0 Å². The van der Waals surface area contributed by atoms with Crippen molar-refractivity contribution in [3.05, 3.63) is 58.9 Å². The minimum atomic E-state index is -0.574. The molecule has 1 N–H and O–H groups in total. The van der Waals surface area contributed by atoms with Crippen molar-refractivity contribution in [3.8, 4) is 0 Å². The van der Waals surface area contributed by atoms with Crippen LogP contribution in [0.1, 0.15) is 23.2 Å². The highest BCUT2D eigenvalue weighted by Crippen LogP contribution is 2.35. The van der Waals surface area contributed by atoms with Crippen molar-refractivity contribution in [3.63, 3.8) is 0 Å². The first kappa shape index (κ1) is 24.3. The monoisotopic (exact) mass is 505 g/mol. The lowest BCUT2D eigenvalue weighted by Crippen LogP contribution is -2.36. The lowest BCUT2D eigenvalue weighted by molar-refractivity contribution is -0.121. The predicted octanol–water partition coefficient (Wildman–Crippen LogP) is 4.14. The summed E-state index contributed by atoms with van der Waals surface area (Å²) < 4.78 is 20.2. The molecule has 2 amide bonds. The van der Waals surface area contributed by atoms with Crippen LogP contribution in [0, 0.1) is 5.82 Å². The number of ketones is 1. The highest BCUT2D eigenvalue weighted by molar-refractivity contribution is 7.99. The Morgan fingerprint density at radius 3 is 2.59 bits per heavy atom. The molecular weight excluding hydrogens is 481 g/mol. The van der Waals surface area contributed by atoms with E-state index in [1.807, 2.05) is 16.7 Å². The van der Waals surface area contributed by atoms with Gasteiger partial charge in [0, 0.05) is 48.0 Å². The Labute approximate surface area is 206 Å². The summed E-state index contributed by atoms with van der Waals surface area (Å²) in [7, 11) is 0. The number of ether oxygens (including phenoxy) is 1. The van der Waals surface area contributed by atoms with Gasteiger partial charge in [0.05, 0.1) is 24.5 Å². The number of nitrogens with zero attached hydrogens (tertiary/aromatic N) is 2. The molecule has 180 valence electrons. The molecular formula is C24H25ClFN3O4S. The molecule has 0 spiro atoms. The highest BCUT2D eigenvalue weighted by Gasteiger charge is 2.35. The van der Waals surface area contributed by atoms with E-state index >= 15 is 0 Å². The van der Waals surface area contributed by atoms with E-state index in [0.717, 1.165) is 11.5 Å². The molecule has 10 heteroatoms. The number of carbonyl (C=O) groups excluding carboxylic acids is 3. The first-order chi connectivity index (χ1) is 16.4. The maximum absolute atomic E-state index is 14.7. The number of amides is 2. The van der Waals surface area contributed by atoms with Crippen molar-refractivity contribution in [1.82, 2.24) is 5.32 Å². The largest absolute Gasteiger partial charge is 0.442 e. The molecule has 2 fully saturated rings. The second kappa shape index (κ2) is 11.1. The molecule has 2 heterocycles. The van der Waals surface area contributed by atoms with Gasteiger partial charge in [-0.25, -0.2) is 9.18 Å². The molecule has 0 aliphatic carbocycles. The Hall–Kier alpha value is -2.78. The van der Waals surface area contributed by atoms with Gasteiger partial charge >= 0.3 is 6.09 Å². The zero-order chi connectivity index (χ0) is 24.1. The van der Waals surface area contributed by atoms with Gasteiger partial charge in [0.25, 0.3) is 0 Å². The van der Waals surface area contributed by atoms with E-state index < -0.39 is 12.2 Å². The first-order valence-electron chi connectivity index (χ1n) is 11.1.